The molecule has 0 heterocycles. The van der Waals surface area contributed by atoms with Gasteiger partial charge < -0.3 is 11.1 Å². The Balaban J connectivity index is 2.42. The molecule has 2 aromatic rings. The van der Waals surface area contributed by atoms with E-state index in [1.807, 2.05) is 0 Å². The zero-order chi connectivity index (χ0) is 14.9. The molecule has 106 valence electrons. The molecule has 0 radical (unpaired) electrons. The molecular weight excluding hydrogens is 288 g/mol. The Morgan fingerprint density at radius 3 is 2.35 bits per heavy atom. The van der Waals surface area contributed by atoms with Gasteiger partial charge in [-0.25, -0.2) is 22.3 Å². The van der Waals surface area contributed by atoms with Gasteiger partial charge in [0.15, 0.2) is 11.6 Å². The molecule has 0 amide bonds. The molecule has 0 spiro atoms. The first-order valence-corrected chi connectivity index (χ1v) is 6.97. The number of rotatable bonds is 3. The summed E-state index contributed by atoms with van der Waals surface area (Å²) in [4.78, 5) is -0.245. The highest BCUT2D eigenvalue weighted by molar-refractivity contribution is 7.89. The van der Waals surface area contributed by atoms with E-state index in [2.05, 4.69) is 5.32 Å². The molecule has 0 bridgehead atoms. The number of hydrogen-bond donors (Lipinski definition) is 3. The van der Waals surface area contributed by atoms with Gasteiger partial charge in [0, 0.05) is 11.8 Å². The molecule has 0 unspecified atom stereocenters. The van der Waals surface area contributed by atoms with Crippen molar-refractivity contribution in [1.29, 1.82) is 0 Å². The predicted octanol–water partition coefficient (Wildman–Crippen LogP) is 1.94. The third-order valence-corrected chi connectivity index (χ3v) is 3.54. The molecule has 0 atom stereocenters. The normalized spacial score (nSPS) is 11.3. The maximum atomic E-state index is 13.1. The Hall–Kier alpha value is -2.19. The average Bonchev–Trinajstić information content (AvgIpc) is 2.35. The number of nitrogen functional groups attached to an aromatic ring is 1. The van der Waals surface area contributed by atoms with Crippen LogP contribution in [0.4, 0.5) is 25.8 Å². The number of nitrogens with two attached hydrogens (primary N) is 2. The lowest BCUT2D eigenvalue weighted by Crippen LogP contribution is -2.15. The maximum absolute atomic E-state index is 13.1. The van der Waals surface area contributed by atoms with Gasteiger partial charge in [0.05, 0.1) is 11.4 Å². The van der Waals surface area contributed by atoms with E-state index in [1.165, 1.54) is 24.3 Å². The van der Waals surface area contributed by atoms with E-state index in [0.717, 1.165) is 12.1 Å². The fourth-order valence-corrected chi connectivity index (χ4v) is 2.32. The molecule has 5 N–H and O–H groups in total. The highest BCUT2D eigenvalue weighted by atomic mass is 32.2. The highest BCUT2D eigenvalue weighted by Crippen LogP contribution is 2.28. The summed E-state index contributed by atoms with van der Waals surface area (Å²) < 4.78 is 48.5. The monoisotopic (exact) mass is 299 g/mol. The van der Waals surface area contributed by atoms with Crippen molar-refractivity contribution in [1.82, 2.24) is 0 Å². The van der Waals surface area contributed by atoms with Gasteiger partial charge >= 0.3 is 0 Å². The van der Waals surface area contributed by atoms with Crippen LogP contribution in [0.2, 0.25) is 0 Å². The van der Waals surface area contributed by atoms with Crippen molar-refractivity contribution in [2.24, 2.45) is 5.14 Å². The predicted molar refractivity (Wildman–Crippen MR) is 71.9 cm³/mol. The summed E-state index contributed by atoms with van der Waals surface area (Å²) in [6, 6.07) is 7.34. The van der Waals surface area contributed by atoms with Crippen LogP contribution >= 0.6 is 0 Å². The fraction of sp³-hybridized carbons (Fsp3) is 0. The van der Waals surface area contributed by atoms with Crippen molar-refractivity contribution in [3.63, 3.8) is 0 Å². The van der Waals surface area contributed by atoms with Gasteiger partial charge in [0.1, 0.15) is 4.90 Å². The molecule has 0 aliphatic heterocycles. The average molecular weight is 299 g/mol. The number of sulfonamides is 1. The summed E-state index contributed by atoms with van der Waals surface area (Å²) in [6.07, 6.45) is 0. The summed E-state index contributed by atoms with van der Waals surface area (Å²) in [6.45, 7) is 0. The van der Waals surface area contributed by atoms with Crippen LogP contribution in [-0.2, 0) is 10.0 Å². The van der Waals surface area contributed by atoms with E-state index in [0.29, 0.717) is 0 Å². The largest absolute Gasteiger partial charge is 0.396 e. The molecular formula is C12H11F2N3O2S. The van der Waals surface area contributed by atoms with E-state index in [1.54, 1.807) is 0 Å². The summed E-state index contributed by atoms with van der Waals surface area (Å²) in [5.74, 6) is -2.02. The Morgan fingerprint density at radius 1 is 1.05 bits per heavy atom. The van der Waals surface area contributed by atoms with E-state index in [9.17, 15) is 17.2 Å². The van der Waals surface area contributed by atoms with E-state index in [4.69, 9.17) is 10.9 Å². The van der Waals surface area contributed by atoms with Crippen LogP contribution in [0.25, 0.3) is 0 Å². The first-order chi connectivity index (χ1) is 9.29. The Morgan fingerprint density at radius 2 is 1.75 bits per heavy atom. The molecule has 0 aliphatic rings. The second kappa shape index (κ2) is 5.06. The van der Waals surface area contributed by atoms with Crippen LogP contribution in [0.5, 0.6) is 0 Å². The Kier molecular flexibility index (Phi) is 3.60. The topological polar surface area (TPSA) is 98.2 Å². The van der Waals surface area contributed by atoms with Crippen molar-refractivity contribution in [2.45, 2.75) is 4.90 Å². The zero-order valence-corrected chi connectivity index (χ0v) is 10.9. The Bertz CT molecular complexity index is 763. The zero-order valence-electron chi connectivity index (χ0n) is 10.1. The minimum Gasteiger partial charge on any atom is -0.396 e. The molecule has 0 aromatic heterocycles. The molecule has 2 rings (SSSR count). The van der Waals surface area contributed by atoms with Crippen molar-refractivity contribution >= 4 is 27.1 Å². The van der Waals surface area contributed by atoms with E-state index >= 15 is 0 Å². The second-order valence-electron chi connectivity index (χ2n) is 4.02. The van der Waals surface area contributed by atoms with Gasteiger partial charge in [-0.3, -0.25) is 0 Å². The van der Waals surface area contributed by atoms with Crippen molar-refractivity contribution < 1.29 is 17.2 Å². The van der Waals surface area contributed by atoms with Crippen molar-refractivity contribution in [3.05, 3.63) is 48.0 Å². The minimum atomic E-state index is -3.96. The third kappa shape index (κ3) is 2.86. The number of hydrogen-bond acceptors (Lipinski definition) is 4. The lowest BCUT2D eigenvalue weighted by molar-refractivity contribution is 0.509. The van der Waals surface area contributed by atoms with Gasteiger partial charge in [-0.2, -0.15) is 0 Å². The lowest BCUT2D eigenvalue weighted by Gasteiger charge is -2.12. The molecule has 20 heavy (non-hydrogen) atoms. The number of halogens is 2. The maximum Gasteiger partial charge on any atom is 0.240 e. The standard InChI is InChI=1S/C12H11F2N3O2S/c13-8-5-4-7(6-9(8)14)17-10-2-1-3-11(12(10)15)20(16,18)19/h1-6,17H,15H2,(H2,16,18,19). The van der Waals surface area contributed by atoms with Crippen LogP contribution in [0, 0.1) is 11.6 Å². The van der Waals surface area contributed by atoms with Gasteiger partial charge in [-0.05, 0) is 24.3 Å². The number of primary sulfonamides is 1. The van der Waals surface area contributed by atoms with Gasteiger partial charge in [0.25, 0.3) is 0 Å². The first kappa shape index (κ1) is 14.2. The molecule has 2 aromatic carbocycles. The van der Waals surface area contributed by atoms with Gasteiger partial charge in [-0.15, -0.1) is 0 Å². The van der Waals surface area contributed by atoms with Gasteiger partial charge in [0.2, 0.25) is 10.0 Å². The quantitative estimate of drug-likeness (QED) is 0.754. The smallest absolute Gasteiger partial charge is 0.240 e. The summed E-state index contributed by atoms with van der Waals surface area (Å²) in [5.41, 5.74) is 6.05. The van der Waals surface area contributed by atoms with Crippen LogP contribution in [0.1, 0.15) is 0 Å². The minimum absolute atomic E-state index is 0.0975. The fourth-order valence-electron chi connectivity index (χ4n) is 1.63. The number of para-hydroxylation sites is 1. The van der Waals surface area contributed by atoms with Crippen molar-refractivity contribution in [3.8, 4) is 0 Å². The van der Waals surface area contributed by atoms with Crippen LogP contribution in [0.3, 0.4) is 0 Å². The third-order valence-electron chi connectivity index (χ3n) is 2.57. The van der Waals surface area contributed by atoms with E-state index in [-0.39, 0.29) is 22.0 Å². The van der Waals surface area contributed by atoms with Crippen LogP contribution in [-0.4, -0.2) is 8.42 Å². The van der Waals surface area contributed by atoms with Crippen LogP contribution in [0.15, 0.2) is 41.3 Å². The number of nitrogens with one attached hydrogen (secondary N) is 1. The summed E-state index contributed by atoms with van der Waals surface area (Å²) >= 11 is 0. The molecule has 5 nitrogen and oxygen atoms in total. The molecule has 0 fully saturated rings. The van der Waals surface area contributed by atoms with Crippen LogP contribution < -0.4 is 16.2 Å². The molecule has 0 saturated heterocycles. The highest BCUT2D eigenvalue weighted by Gasteiger charge is 2.15. The second-order valence-corrected chi connectivity index (χ2v) is 5.55. The summed E-state index contributed by atoms with van der Waals surface area (Å²) in [5, 5.41) is 7.72. The van der Waals surface area contributed by atoms with E-state index < -0.39 is 21.7 Å². The molecule has 8 heteroatoms. The first-order valence-electron chi connectivity index (χ1n) is 5.42. The SMILES string of the molecule is Nc1c(Nc2ccc(F)c(F)c2)cccc1S(N)(=O)=O. The van der Waals surface area contributed by atoms with Crippen molar-refractivity contribution in [2.75, 3.05) is 11.1 Å². The number of anilines is 3. The summed E-state index contributed by atoms with van der Waals surface area (Å²) in [7, 11) is -3.96. The molecule has 0 aliphatic carbocycles. The molecule has 0 saturated carbocycles. The number of benzene rings is 2. The lowest BCUT2D eigenvalue weighted by atomic mass is 10.2. The Labute approximate surface area is 114 Å². The van der Waals surface area contributed by atoms with Gasteiger partial charge in [-0.1, -0.05) is 6.07 Å².